The van der Waals surface area contributed by atoms with Gasteiger partial charge in [0.1, 0.15) is 18.9 Å². The van der Waals surface area contributed by atoms with E-state index in [9.17, 15) is 28.8 Å². The average molecular weight is 962 g/mol. The van der Waals surface area contributed by atoms with E-state index in [4.69, 9.17) is 14.2 Å². The lowest BCUT2D eigenvalue weighted by Crippen LogP contribution is -2.30. The van der Waals surface area contributed by atoms with E-state index in [1.165, 1.54) is 103 Å². The summed E-state index contributed by atoms with van der Waals surface area (Å²) >= 11 is 0. The van der Waals surface area contributed by atoms with Crippen molar-refractivity contribution in [1.29, 1.82) is 0 Å². The number of esters is 3. The van der Waals surface area contributed by atoms with Gasteiger partial charge in [-0.05, 0) is 57.8 Å². The Morgan fingerprint density at radius 2 is 0.529 bits per heavy atom. The zero-order valence-corrected chi connectivity index (χ0v) is 44.7. The summed E-state index contributed by atoms with van der Waals surface area (Å²) in [5.74, 6) is -0.832. The number of carbonyl (C=O) groups excluding carboxylic acids is 6. The monoisotopic (exact) mass is 961 g/mol. The number of unbranched alkanes of at least 4 members (excludes halogenated alkanes) is 30. The Morgan fingerprint density at radius 1 is 0.309 bits per heavy atom. The van der Waals surface area contributed by atoms with Crippen LogP contribution in [0.3, 0.4) is 0 Å². The third-order valence-corrected chi connectivity index (χ3v) is 13.9. The van der Waals surface area contributed by atoms with Crippen LogP contribution in [0.25, 0.3) is 0 Å². The molecular formula is C59H108O9. The minimum Gasteiger partial charge on any atom is -0.458 e. The van der Waals surface area contributed by atoms with Gasteiger partial charge in [0.15, 0.2) is 6.61 Å². The van der Waals surface area contributed by atoms with Crippen molar-refractivity contribution in [3.8, 4) is 0 Å². The molecule has 0 aromatic carbocycles. The minimum absolute atomic E-state index is 0.148. The summed E-state index contributed by atoms with van der Waals surface area (Å²) in [5.41, 5.74) is 0. The zero-order chi connectivity index (χ0) is 49.8. The lowest BCUT2D eigenvalue weighted by molar-refractivity contribution is -0.200. The van der Waals surface area contributed by atoms with Crippen molar-refractivity contribution < 1.29 is 43.0 Å². The Morgan fingerprint density at radius 3 is 0.779 bits per heavy atom. The molecule has 68 heavy (non-hydrogen) atoms. The molecule has 0 aromatic rings. The van der Waals surface area contributed by atoms with Gasteiger partial charge in [-0.2, -0.15) is 0 Å². The van der Waals surface area contributed by atoms with Gasteiger partial charge in [0.05, 0.1) is 0 Å². The van der Waals surface area contributed by atoms with Crippen molar-refractivity contribution in [2.45, 2.75) is 316 Å². The Kier molecular flexibility index (Phi) is 50.3. The molecule has 0 aliphatic rings. The van der Waals surface area contributed by atoms with Crippen LogP contribution in [0.1, 0.15) is 310 Å². The summed E-state index contributed by atoms with van der Waals surface area (Å²) in [7, 11) is 0. The topological polar surface area (TPSA) is 130 Å². The summed E-state index contributed by atoms with van der Waals surface area (Å²) in [6.07, 6.45) is 48.5. The van der Waals surface area contributed by atoms with E-state index < -0.39 is 24.2 Å². The number of carbonyl (C=O) groups is 6. The number of hydrogen-bond donors (Lipinski definition) is 0. The second-order valence-electron chi connectivity index (χ2n) is 20.4. The van der Waals surface area contributed by atoms with Gasteiger partial charge in [-0.15, -0.1) is 0 Å². The van der Waals surface area contributed by atoms with E-state index in [2.05, 4.69) is 20.8 Å². The molecule has 4 unspecified atom stereocenters. The van der Waals surface area contributed by atoms with Gasteiger partial charge in [0.2, 0.25) is 0 Å². The highest BCUT2D eigenvalue weighted by atomic mass is 16.7. The smallest absolute Gasteiger partial charge is 0.308 e. The third-order valence-electron chi connectivity index (χ3n) is 13.9. The van der Waals surface area contributed by atoms with Crippen LogP contribution in [0.15, 0.2) is 0 Å². The molecule has 0 aromatic heterocycles. The van der Waals surface area contributed by atoms with Crippen LogP contribution in [0.2, 0.25) is 0 Å². The van der Waals surface area contributed by atoms with E-state index in [0.29, 0.717) is 19.3 Å². The number of hydrogen-bond acceptors (Lipinski definition) is 9. The van der Waals surface area contributed by atoms with Crippen LogP contribution >= 0.6 is 0 Å². The largest absolute Gasteiger partial charge is 0.458 e. The number of aldehydes is 3. The first-order chi connectivity index (χ1) is 33.3. The van der Waals surface area contributed by atoms with E-state index in [-0.39, 0.29) is 43.6 Å². The molecule has 9 heteroatoms. The quantitative estimate of drug-likeness (QED) is 0.0253. The number of ether oxygens (including phenoxy) is 3. The Labute approximate surface area is 418 Å². The molecule has 0 heterocycles. The molecule has 0 saturated heterocycles. The molecule has 0 rings (SSSR count). The summed E-state index contributed by atoms with van der Waals surface area (Å²) in [4.78, 5) is 73.1. The highest BCUT2D eigenvalue weighted by Crippen LogP contribution is 2.21. The molecule has 0 fully saturated rings. The molecule has 0 radical (unpaired) electrons. The molecule has 0 N–H and O–H groups in total. The fourth-order valence-corrected chi connectivity index (χ4v) is 9.29. The second-order valence-corrected chi connectivity index (χ2v) is 20.4. The zero-order valence-electron chi connectivity index (χ0n) is 44.7. The maximum Gasteiger partial charge on any atom is 0.308 e. The van der Waals surface area contributed by atoms with Crippen molar-refractivity contribution in [3.05, 3.63) is 0 Å². The highest BCUT2D eigenvalue weighted by Gasteiger charge is 2.21. The Bertz CT molecular complexity index is 1160. The fourth-order valence-electron chi connectivity index (χ4n) is 9.29. The third kappa shape index (κ3) is 45.8. The second kappa shape index (κ2) is 52.2. The fraction of sp³-hybridized carbons (Fsp3) is 0.898. The molecule has 0 aliphatic heterocycles. The van der Waals surface area contributed by atoms with Crippen LogP contribution in [0, 0.1) is 17.8 Å². The molecule has 0 bridgehead atoms. The minimum atomic E-state index is -1.27. The molecule has 4 atom stereocenters. The lowest BCUT2D eigenvalue weighted by atomic mass is 9.95. The van der Waals surface area contributed by atoms with Gasteiger partial charge in [0, 0.05) is 37.0 Å². The van der Waals surface area contributed by atoms with Crippen molar-refractivity contribution in [2.24, 2.45) is 17.8 Å². The SMILES string of the molecule is CCCCCCCCCC(C=O)CCCCCCCC(=O)OC(COC(=O)CCCCCCCCC(C=O)CCCCCCCC)OC(=O)CCCCCCCCC(C=O)CCCCCCCC. The number of rotatable bonds is 55. The summed E-state index contributed by atoms with van der Waals surface area (Å²) in [6, 6.07) is 0. The molecular weight excluding hydrogens is 853 g/mol. The van der Waals surface area contributed by atoms with Crippen molar-refractivity contribution in [3.63, 3.8) is 0 Å². The predicted molar refractivity (Wildman–Crippen MR) is 280 cm³/mol. The van der Waals surface area contributed by atoms with Gasteiger partial charge < -0.3 is 28.6 Å². The van der Waals surface area contributed by atoms with Crippen LogP contribution in [0.5, 0.6) is 0 Å². The van der Waals surface area contributed by atoms with Crippen LogP contribution in [-0.4, -0.2) is 49.7 Å². The van der Waals surface area contributed by atoms with Crippen LogP contribution in [-0.2, 0) is 43.0 Å². The molecule has 0 aliphatic carbocycles. The first-order valence-electron chi connectivity index (χ1n) is 29.2. The summed E-state index contributed by atoms with van der Waals surface area (Å²) in [6.45, 7) is 6.37. The van der Waals surface area contributed by atoms with Crippen molar-refractivity contribution in [2.75, 3.05) is 6.61 Å². The average Bonchev–Trinajstić information content (AvgIpc) is 3.34. The van der Waals surface area contributed by atoms with Gasteiger partial charge >= 0.3 is 17.9 Å². The van der Waals surface area contributed by atoms with Crippen molar-refractivity contribution in [1.82, 2.24) is 0 Å². The maximum absolute atomic E-state index is 12.9. The first kappa shape index (κ1) is 65.4. The molecule has 0 spiro atoms. The van der Waals surface area contributed by atoms with E-state index in [1.54, 1.807) is 0 Å². The Balaban J connectivity index is 4.62. The van der Waals surface area contributed by atoms with E-state index in [1.807, 2.05) is 0 Å². The first-order valence-corrected chi connectivity index (χ1v) is 29.2. The van der Waals surface area contributed by atoms with Gasteiger partial charge in [-0.3, -0.25) is 14.4 Å². The summed E-state index contributed by atoms with van der Waals surface area (Å²) in [5, 5.41) is 0. The summed E-state index contributed by atoms with van der Waals surface area (Å²) < 4.78 is 16.6. The van der Waals surface area contributed by atoms with Crippen molar-refractivity contribution >= 4 is 36.8 Å². The maximum atomic E-state index is 12.9. The molecule has 0 amide bonds. The highest BCUT2D eigenvalue weighted by molar-refractivity contribution is 5.72. The standard InChI is InChI=1S/C59H108O9/c1-4-7-10-13-16-24-33-42-55(51-62)45-36-27-21-30-39-48-58(65)68-59(67-57(64)47-38-29-20-18-26-35-44-54(50-61)41-32-23-15-12-9-6-3)52-66-56(63)46-37-28-19-17-25-34-43-53(49-60)40-31-22-14-11-8-5-2/h49-51,53-55,59H,4-48,52H2,1-3H3. The Hall–Kier alpha value is -2.58. The van der Waals surface area contributed by atoms with Gasteiger partial charge in [0.25, 0.3) is 6.29 Å². The van der Waals surface area contributed by atoms with Gasteiger partial charge in [-0.1, -0.05) is 233 Å². The van der Waals surface area contributed by atoms with Crippen LogP contribution < -0.4 is 0 Å². The molecule has 9 nitrogen and oxygen atoms in total. The normalized spacial score (nSPS) is 13.1. The van der Waals surface area contributed by atoms with E-state index in [0.717, 1.165) is 167 Å². The lowest BCUT2D eigenvalue weighted by Gasteiger charge is -2.18. The van der Waals surface area contributed by atoms with Crippen LogP contribution in [0.4, 0.5) is 0 Å². The van der Waals surface area contributed by atoms with E-state index >= 15 is 0 Å². The predicted octanol–water partition coefficient (Wildman–Crippen LogP) is 17.0. The van der Waals surface area contributed by atoms with Gasteiger partial charge in [-0.25, -0.2) is 0 Å². The molecule has 0 saturated carbocycles. The molecule has 398 valence electrons.